The van der Waals surface area contributed by atoms with Crippen molar-refractivity contribution in [3.05, 3.63) is 69.9 Å². The summed E-state index contributed by atoms with van der Waals surface area (Å²) in [6.45, 7) is 4.12. The number of hydrogen-bond acceptors (Lipinski definition) is 2. The van der Waals surface area contributed by atoms with Gasteiger partial charge in [-0.25, -0.2) is 0 Å². The van der Waals surface area contributed by atoms with Crippen LogP contribution in [0.5, 0.6) is 0 Å². The number of furan rings is 1. The highest BCUT2D eigenvalue weighted by Crippen LogP contribution is 2.32. The van der Waals surface area contributed by atoms with Gasteiger partial charge in [0.15, 0.2) is 0 Å². The number of nitrogens with one attached hydrogen (secondary N) is 1. The molecule has 2 nitrogen and oxygen atoms in total. The zero-order chi connectivity index (χ0) is 15.0. The predicted octanol–water partition coefficient (Wildman–Crippen LogP) is 5.01. The number of benzene rings is 2. The molecule has 0 spiro atoms. The molecular formula is C18H18ClNO. The van der Waals surface area contributed by atoms with Crippen molar-refractivity contribution in [3.8, 4) is 0 Å². The Labute approximate surface area is 129 Å². The fourth-order valence-electron chi connectivity index (χ4n) is 2.71. The lowest BCUT2D eigenvalue weighted by atomic mass is 9.99. The van der Waals surface area contributed by atoms with Gasteiger partial charge >= 0.3 is 0 Å². The van der Waals surface area contributed by atoms with Crippen molar-refractivity contribution in [1.82, 2.24) is 5.32 Å². The summed E-state index contributed by atoms with van der Waals surface area (Å²) in [4.78, 5) is 0. The summed E-state index contributed by atoms with van der Waals surface area (Å²) < 4.78 is 6.02. The Morgan fingerprint density at radius 1 is 1.10 bits per heavy atom. The molecule has 0 saturated heterocycles. The number of aryl methyl sites for hydroxylation is 1. The van der Waals surface area contributed by atoms with Crippen LogP contribution in [0.25, 0.3) is 11.0 Å². The van der Waals surface area contributed by atoms with Crippen molar-refractivity contribution in [3.63, 3.8) is 0 Å². The van der Waals surface area contributed by atoms with E-state index in [4.69, 9.17) is 16.0 Å². The van der Waals surface area contributed by atoms with Crippen LogP contribution in [-0.2, 0) is 0 Å². The van der Waals surface area contributed by atoms with E-state index in [1.165, 1.54) is 5.56 Å². The second-order valence-electron chi connectivity index (χ2n) is 5.37. The summed E-state index contributed by atoms with van der Waals surface area (Å²) >= 11 is 6.24. The van der Waals surface area contributed by atoms with Crippen molar-refractivity contribution < 1.29 is 4.42 Å². The van der Waals surface area contributed by atoms with Gasteiger partial charge in [-0.2, -0.15) is 0 Å². The summed E-state index contributed by atoms with van der Waals surface area (Å²) in [5.74, 6) is 0.906. The van der Waals surface area contributed by atoms with Gasteiger partial charge < -0.3 is 9.73 Å². The smallest absolute Gasteiger partial charge is 0.134 e. The number of rotatable bonds is 3. The fourth-order valence-corrected chi connectivity index (χ4v) is 2.90. The number of hydrogen-bond donors (Lipinski definition) is 1. The Bertz CT molecular complexity index is 791. The van der Waals surface area contributed by atoms with Crippen LogP contribution in [0.15, 0.2) is 46.9 Å². The van der Waals surface area contributed by atoms with Gasteiger partial charge in [-0.1, -0.05) is 35.4 Å². The monoisotopic (exact) mass is 299 g/mol. The van der Waals surface area contributed by atoms with Crippen LogP contribution in [0.1, 0.15) is 28.5 Å². The van der Waals surface area contributed by atoms with E-state index in [2.05, 4.69) is 36.5 Å². The lowest BCUT2D eigenvalue weighted by Crippen LogP contribution is -2.18. The molecule has 0 aliphatic rings. The summed E-state index contributed by atoms with van der Waals surface area (Å²) in [7, 11) is 1.93. The fraction of sp³-hybridized carbons (Fsp3) is 0.222. The molecule has 1 unspecified atom stereocenters. The van der Waals surface area contributed by atoms with Gasteiger partial charge in [0.25, 0.3) is 0 Å². The average molecular weight is 300 g/mol. The topological polar surface area (TPSA) is 25.2 Å². The molecule has 1 aromatic heterocycles. The summed E-state index contributed by atoms with van der Waals surface area (Å²) in [5, 5.41) is 5.23. The molecule has 1 atom stereocenters. The highest BCUT2D eigenvalue weighted by atomic mass is 35.5. The van der Waals surface area contributed by atoms with E-state index in [0.717, 1.165) is 32.9 Å². The van der Waals surface area contributed by atoms with Crippen LogP contribution in [0, 0.1) is 13.8 Å². The molecule has 3 heteroatoms. The van der Waals surface area contributed by atoms with Crippen molar-refractivity contribution >= 4 is 22.6 Å². The van der Waals surface area contributed by atoms with E-state index in [1.54, 1.807) is 0 Å². The van der Waals surface area contributed by atoms with Crippen LogP contribution in [0.2, 0.25) is 5.02 Å². The van der Waals surface area contributed by atoms with Crippen LogP contribution in [0.4, 0.5) is 0 Å². The van der Waals surface area contributed by atoms with Gasteiger partial charge in [0.05, 0.1) is 6.04 Å². The summed E-state index contributed by atoms with van der Waals surface area (Å²) in [6, 6.07) is 14.3. The Balaban J connectivity index is 2.11. The first-order chi connectivity index (χ1) is 10.1. The molecule has 0 bridgehead atoms. The third kappa shape index (κ3) is 2.57. The molecule has 3 rings (SSSR count). The van der Waals surface area contributed by atoms with Crippen LogP contribution < -0.4 is 5.32 Å². The van der Waals surface area contributed by atoms with Gasteiger partial charge in [0, 0.05) is 10.4 Å². The molecular weight excluding hydrogens is 282 g/mol. The van der Waals surface area contributed by atoms with Gasteiger partial charge in [0.2, 0.25) is 0 Å². The number of halogens is 1. The molecule has 21 heavy (non-hydrogen) atoms. The zero-order valence-electron chi connectivity index (χ0n) is 12.4. The van der Waals surface area contributed by atoms with Gasteiger partial charge in [-0.15, -0.1) is 0 Å². The molecule has 0 amide bonds. The zero-order valence-corrected chi connectivity index (χ0v) is 13.2. The molecule has 1 heterocycles. The molecule has 3 aromatic rings. The van der Waals surface area contributed by atoms with E-state index in [-0.39, 0.29) is 6.04 Å². The van der Waals surface area contributed by atoms with Gasteiger partial charge in [-0.05, 0) is 56.3 Å². The molecule has 108 valence electrons. The molecule has 0 aliphatic heterocycles. The van der Waals surface area contributed by atoms with Gasteiger partial charge in [0.1, 0.15) is 11.3 Å². The standard InChI is InChI=1S/C18H18ClNO/c1-11-7-8-16-13(9-11)10-17(21-16)18(20-3)14-5-4-6-15(19)12(14)2/h4-10,18,20H,1-3H3. The Morgan fingerprint density at radius 2 is 1.90 bits per heavy atom. The number of fused-ring (bicyclic) bond motifs is 1. The molecule has 0 saturated carbocycles. The maximum absolute atomic E-state index is 6.24. The minimum absolute atomic E-state index is 0.00333. The molecule has 0 radical (unpaired) electrons. The normalized spacial score (nSPS) is 12.8. The third-order valence-electron chi connectivity index (χ3n) is 3.88. The van der Waals surface area contributed by atoms with Crippen molar-refractivity contribution in [2.75, 3.05) is 7.05 Å². The Hall–Kier alpha value is -1.77. The van der Waals surface area contributed by atoms with E-state index in [9.17, 15) is 0 Å². The van der Waals surface area contributed by atoms with E-state index in [0.29, 0.717) is 0 Å². The van der Waals surface area contributed by atoms with Crippen molar-refractivity contribution in [2.45, 2.75) is 19.9 Å². The molecule has 0 fully saturated rings. The van der Waals surface area contributed by atoms with Crippen LogP contribution in [0.3, 0.4) is 0 Å². The quantitative estimate of drug-likeness (QED) is 0.735. The van der Waals surface area contributed by atoms with Crippen molar-refractivity contribution in [1.29, 1.82) is 0 Å². The maximum Gasteiger partial charge on any atom is 0.134 e. The van der Waals surface area contributed by atoms with Crippen molar-refractivity contribution in [2.24, 2.45) is 0 Å². The van der Waals surface area contributed by atoms with Crippen LogP contribution >= 0.6 is 11.6 Å². The van der Waals surface area contributed by atoms with E-state index in [1.807, 2.05) is 32.2 Å². The first-order valence-corrected chi connectivity index (χ1v) is 7.40. The first-order valence-electron chi connectivity index (χ1n) is 7.02. The highest BCUT2D eigenvalue weighted by molar-refractivity contribution is 6.31. The second kappa shape index (κ2) is 5.55. The summed E-state index contributed by atoms with van der Waals surface area (Å²) in [6.07, 6.45) is 0. The van der Waals surface area contributed by atoms with E-state index < -0.39 is 0 Å². The minimum Gasteiger partial charge on any atom is -0.459 e. The highest BCUT2D eigenvalue weighted by Gasteiger charge is 2.19. The lowest BCUT2D eigenvalue weighted by Gasteiger charge is -2.17. The molecule has 1 N–H and O–H groups in total. The minimum atomic E-state index is -0.00333. The average Bonchev–Trinajstić information content (AvgIpc) is 2.87. The molecule has 2 aromatic carbocycles. The van der Waals surface area contributed by atoms with Gasteiger partial charge in [-0.3, -0.25) is 0 Å². The Morgan fingerprint density at radius 3 is 2.67 bits per heavy atom. The maximum atomic E-state index is 6.24. The SMILES string of the molecule is CNC(c1cc2cc(C)ccc2o1)c1cccc(Cl)c1C. The Kier molecular flexibility index (Phi) is 3.75. The lowest BCUT2D eigenvalue weighted by molar-refractivity contribution is 0.490. The second-order valence-corrected chi connectivity index (χ2v) is 5.77. The summed E-state index contributed by atoms with van der Waals surface area (Å²) in [5.41, 5.74) is 4.36. The third-order valence-corrected chi connectivity index (χ3v) is 4.29. The molecule has 0 aliphatic carbocycles. The van der Waals surface area contributed by atoms with Crippen LogP contribution in [-0.4, -0.2) is 7.05 Å². The first kappa shape index (κ1) is 14.2. The largest absolute Gasteiger partial charge is 0.459 e. The van der Waals surface area contributed by atoms with E-state index >= 15 is 0 Å². The predicted molar refractivity (Wildman–Crippen MR) is 88.0 cm³/mol.